The van der Waals surface area contributed by atoms with Gasteiger partial charge in [-0.2, -0.15) is 9.49 Å². The molecular weight excluding hydrogens is 455 g/mol. The smallest absolute Gasteiger partial charge is 0.328 e. The van der Waals surface area contributed by atoms with Crippen LogP contribution in [0.2, 0.25) is 0 Å². The van der Waals surface area contributed by atoms with Crippen LogP contribution in [0, 0.1) is 11.9 Å². The molecule has 0 radical (unpaired) electrons. The fourth-order valence-corrected chi connectivity index (χ4v) is 4.74. The molecular formula is C30H27FN2O3. The summed E-state index contributed by atoms with van der Waals surface area (Å²) in [6.07, 6.45) is 6.03. The average molecular weight is 483 g/mol. The van der Waals surface area contributed by atoms with Crippen LogP contribution >= 0.6 is 0 Å². The van der Waals surface area contributed by atoms with Crippen molar-refractivity contribution in [2.45, 2.75) is 26.2 Å². The van der Waals surface area contributed by atoms with E-state index in [-0.39, 0.29) is 0 Å². The molecule has 0 saturated heterocycles. The van der Waals surface area contributed by atoms with Gasteiger partial charge < -0.3 is 9.84 Å². The minimum Gasteiger partial charge on any atom is -0.494 e. The summed E-state index contributed by atoms with van der Waals surface area (Å²) in [5.41, 5.74) is 6.58. The molecule has 3 aromatic carbocycles. The zero-order chi connectivity index (χ0) is 25.1. The van der Waals surface area contributed by atoms with E-state index in [0.29, 0.717) is 23.4 Å². The van der Waals surface area contributed by atoms with Gasteiger partial charge in [0.25, 0.3) is 0 Å². The summed E-state index contributed by atoms with van der Waals surface area (Å²) in [6.45, 7) is 2.55. The van der Waals surface area contributed by atoms with Crippen LogP contribution in [0.5, 0.6) is 5.75 Å². The first-order chi connectivity index (χ1) is 17.5. The lowest BCUT2D eigenvalue weighted by atomic mass is 9.73. The SMILES string of the molecule is CCOc1cccc(C(=C(c2ccc(C=CC(=O)O)cc2)c2ccc3n[nH]c(F)c3c2)C2CCC2)c1. The number of allylic oxidation sites excluding steroid dienone is 1. The molecule has 0 unspecified atom stereocenters. The quantitative estimate of drug-likeness (QED) is 0.210. The number of nitrogens with zero attached hydrogens (tertiary/aromatic N) is 1. The van der Waals surface area contributed by atoms with E-state index >= 15 is 0 Å². The van der Waals surface area contributed by atoms with Crippen LogP contribution in [0.4, 0.5) is 4.39 Å². The number of carbonyl (C=O) groups is 1. The number of carboxylic acid groups (broad SMARTS) is 1. The molecule has 36 heavy (non-hydrogen) atoms. The Balaban J connectivity index is 1.73. The van der Waals surface area contributed by atoms with Crippen molar-refractivity contribution in [2.75, 3.05) is 6.61 Å². The van der Waals surface area contributed by atoms with Crippen molar-refractivity contribution in [3.8, 4) is 5.75 Å². The Morgan fingerprint density at radius 2 is 1.86 bits per heavy atom. The Kier molecular flexibility index (Phi) is 6.67. The van der Waals surface area contributed by atoms with Gasteiger partial charge in [-0.1, -0.05) is 48.9 Å². The lowest BCUT2D eigenvalue weighted by molar-refractivity contribution is -0.131. The number of aromatic nitrogens is 2. The predicted molar refractivity (Wildman–Crippen MR) is 140 cm³/mol. The molecule has 0 aliphatic heterocycles. The van der Waals surface area contributed by atoms with E-state index in [0.717, 1.165) is 52.5 Å². The molecule has 1 aliphatic carbocycles. The second-order valence-corrected chi connectivity index (χ2v) is 8.94. The molecule has 0 amide bonds. The Morgan fingerprint density at radius 3 is 2.56 bits per heavy atom. The summed E-state index contributed by atoms with van der Waals surface area (Å²) < 4.78 is 20.3. The first-order valence-electron chi connectivity index (χ1n) is 12.2. The van der Waals surface area contributed by atoms with Gasteiger partial charge in [0.2, 0.25) is 5.95 Å². The standard InChI is InChI=1S/C30H27FN2O3/c1-2-36-24-8-4-7-22(17-24)28(20-5-3-6-20)29(21-12-9-19(10-13-21)11-16-27(34)35)23-14-15-26-25(18-23)30(31)33-32-26/h4,7-18,20H,2-3,5-6H2,1H3,(H,32,33)(H,34,35). The largest absolute Gasteiger partial charge is 0.494 e. The molecule has 0 spiro atoms. The molecule has 4 aromatic rings. The first-order valence-corrected chi connectivity index (χ1v) is 12.2. The van der Waals surface area contributed by atoms with Crippen LogP contribution in [0.25, 0.3) is 28.1 Å². The van der Waals surface area contributed by atoms with E-state index in [1.807, 2.05) is 61.5 Å². The van der Waals surface area contributed by atoms with Crippen molar-refractivity contribution in [3.63, 3.8) is 0 Å². The first kappa shape index (κ1) is 23.5. The Morgan fingerprint density at radius 1 is 1.08 bits per heavy atom. The molecule has 0 bridgehead atoms. The second kappa shape index (κ2) is 10.2. The van der Waals surface area contributed by atoms with Crippen molar-refractivity contribution in [1.29, 1.82) is 0 Å². The van der Waals surface area contributed by atoms with Gasteiger partial charge in [-0.3, -0.25) is 5.10 Å². The fraction of sp³-hybridized carbons (Fsp3) is 0.200. The van der Waals surface area contributed by atoms with Crippen molar-refractivity contribution in [2.24, 2.45) is 5.92 Å². The number of hydrogen-bond acceptors (Lipinski definition) is 3. The van der Waals surface area contributed by atoms with Crippen LogP contribution < -0.4 is 4.74 Å². The van der Waals surface area contributed by atoms with Gasteiger partial charge in [0.05, 0.1) is 17.5 Å². The number of halogens is 1. The minimum atomic E-state index is -0.989. The normalized spacial score (nSPS) is 14.6. The topological polar surface area (TPSA) is 75.2 Å². The van der Waals surface area contributed by atoms with Gasteiger partial charge in [0.15, 0.2) is 0 Å². The number of fused-ring (bicyclic) bond motifs is 1. The molecule has 5 nitrogen and oxygen atoms in total. The maximum Gasteiger partial charge on any atom is 0.328 e. The van der Waals surface area contributed by atoms with E-state index in [1.165, 1.54) is 12.0 Å². The highest BCUT2D eigenvalue weighted by Gasteiger charge is 2.28. The number of nitrogens with one attached hydrogen (secondary N) is 1. The number of aliphatic carboxylic acids is 1. The van der Waals surface area contributed by atoms with E-state index < -0.39 is 11.9 Å². The zero-order valence-electron chi connectivity index (χ0n) is 20.0. The van der Waals surface area contributed by atoms with Crippen molar-refractivity contribution in [3.05, 3.63) is 101 Å². The summed E-state index contributed by atoms with van der Waals surface area (Å²) in [5.74, 6) is -0.259. The number of H-pyrrole nitrogens is 1. The summed E-state index contributed by atoms with van der Waals surface area (Å²) in [5, 5.41) is 15.9. The van der Waals surface area contributed by atoms with E-state index in [1.54, 1.807) is 6.08 Å². The van der Waals surface area contributed by atoms with Gasteiger partial charge in [0, 0.05) is 6.08 Å². The van der Waals surface area contributed by atoms with E-state index in [9.17, 15) is 9.18 Å². The highest BCUT2D eigenvalue weighted by atomic mass is 19.1. The Labute approximate surface area is 208 Å². The maximum atomic E-state index is 14.5. The molecule has 1 fully saturated rings. The lowest BCUT2D eigenvalue weighted by Gasteiger charge is -2.32. The molecule has 5 rings (SSSR count). The Hall–Kier alpha value is -4.19. The molecule has 1 aliphatic rings. The lowest BCUT2D eigenvalue weighted by Crippen LogP contribution is -2.15. The van der Waals surface area contributed by atoms with Gasteiger partial charge >= 0.3 is 5.97 Å². The number of benzene rings is 3. The van der Waals surface area contributed by atoms with E-state index in [2.05, 4.69) is 22.3 Å². The molecule has 2 N–H and O–H groups in total. The highest BCUT2D eigenvalue weighted by molar-refractivity contribution is 6.01. The van der Waals surface area contributed by atoms with Crippen LogP contribution in [0.15, 0.2) is 72.8 Å². The Bertz CT molecular complexity index is 1460. The number of rotatable bonds is 8. The maximum absolute atomic E-state index is 14.5. The fourth-order valence-electron chi connectivity index (χ4n) is 4.74. The van der Waals surface area contributed by atoms with Crippen molar-refractivity contribution in [1.82, 2.24) is 10.2 Å². The molecule has 6 heteroatoms. The van der Waals surface area contributed by atoms with Crippen LogP contribution in [-0.4, -0.2) is 27.9 Å². The van der Waals surface area contributed by atoms with Gasteiger partial charge in [-0.05, 0) is 89.4 Å². The monoisotopic (exact) mass is 482 g/mol. The van der Waals surface area contributed by atoms with Gasteiger partial charge in [0.1, 0.15) is 5.75 Å². The number of hydrogen-bond donors (Lipinski definition) is 2. The van der Waals surface area contributed by atoms with Crippen LogP contribution in [-0.2, 0) is 4.79 Å². The molecule has 1 aromatic heterocycles. The third-order valence-electron chi connectivity index (χ3n) is 6.65. The average Bonchev–Trinajstić information content (AvgIpc) is 3.22. The summed E-state index contributed by atoms with van der Waals surface area (Å²) >= 11 is 0. The summed E-state index contributed by atoms with van der Waals surface area (Å²) in [4.78, 5) is 10.9. The molecule has 1 heterocycles. The van der Waals surface area contributed by atoms with Gasteiger partial charge in [-0.25, -0.2) is 4.79 Å². The number of ether oxygens (including phenoxy) is 1. The molecule has 0 atom stereocenters. The predicted octanol–water partition coefficient (Wildman–Crippen LogP) is 6.96. The molecule has 1 saturated carbocycles. The third-order valence-corrected chi connectivity index (χ3v) is 6.65. The van der Waals surface area contributed by atoms with E-state index in [4.69, 9.17) is 9.84 Å². The summed E-state index contributed by atoms with van der Waals surface area (Å²) in [7, 11) is 0. The summed E-state index contributed by atoms with van der Waals surface area (Å²) in [6, 6.07) is 21.6. The number of carboxylic acids is 1. The van der Waals surface area contributed by atoms with Crippen molar-refractivity contribution < 1.29 is 19.0 Å². The van der Waals surface area contributed by atoms with Crippen LogP contribution in [0.3, 0.4) is 0 Å². The van der Waals surface area contributed by atoms with Crippen molar-refractivity contribution >= 4 is 34.1 Å². The second-order valence-electron chi connectivity index (χ2n) is 8.94. The van der Waals surface area contributed by atoms with Gasteiger partial charge in [-0.15, -0.1) is 0 Å². The zero-order valence-corrected chi connectivity index (χ0v) is 20.0. The highest BCUT2D eigenvalue weighted by Crippen LogP contribution is 2.46. The molecule has 182 valence electrons. The van der Waals surface area contributed by atoms with Crippen LogP contribution in [0.1, 0.15) is 48.4 Å². The number of aromatic amines is 1. The third kappa shape index (κ3) is 4.80. The minimum absolute atomic E-state index is 0.369.